The van der Waals surface area contributed by atoms with Gasteiger partial charge in [-0.1, -0.05) is 6.58 Å². The third-order valence-electron chi connectivity index (χ3n) is 2.28. The van der Waals surface area contributed by atoms with Crippen LogP contribution in [0.25, 0.3) is 0 Å². The molecule has 0 spiro atoms. The van der Waals surface area contributed by atoms with Gasteiger partial charge < -0.3 is 15.2 Å². The standard InChI is InChI=1S/C11H11NO3/c1-2-11(14)12-9-6-15-10-4-3-7(13)5-8(9)10/h2-5,9,13H,1,6H2,(H,12,14). The maximum atomic E-state index is 11.1. The summed E-state index contributed by atoms with van der Waals surface area (Å²) in [4.78, 5) is 11.1. The van der Waals surface area contributed by atoms with Gasteiger partial charge in [0.15, 0.2) is 0 Å². The number of phenols is 1. The van der Waals surface area contributed by atoms with E-state index in [-0.39, 0.29) is 17.7 Å². The van der Waals surface area contributed by atoms with Crippen molar-refractivity contribution in [2.75, 3.05) is 6.61 Å². The summed E-state index contributed by atoms with van der Waals surface area (Å²) in [6.07, 6.45) is 1.21. The van der Waals surface area contributed by atoms with Crippen LogP contribution in [-0.4, -0.2) is 17.6 Å². The van der Waals surface area contributed by atoms with Crippen molar-refractivity contribution in [2.24, 2.45) is 0 Å². The zero-order valence-corrected chi connectivity index (χ0v) is 8.06. The molecule has 2 N–H and O–H groups in total. The van der Waals surface area contributed by atoms with E-state index in [1.807, 2.05) is 0 Å². The van der Waals surface area contributed by atoms with E-state index >= 15 is 0 Å². The molecule has 0 fully saturated rings. The fourth-order valence-corrected chi connectivity index (χ4v) is 1.55. The molecule has 1 atom stereocenters. The second-order valence-corrected chi connectivity index (χ2v) is 3.30. The molecule has 0 saturated carbocycles. The molecule has 0 aliphatic carbocycles. The van der Waals surface area contributed by atoms with Crippen LogP contribution in [-0.2, 0) is 4.79 Å². The number of rotatable bonds is 2. The number of hydrogen-bond acceptors (Lipinski definition) is 3. The summed E-state index contributed by atoms with van der Waals surface area (Å²) in [7, 11) is 0. The Kier molecular flexibility index (Phi) is 2.33. The lowest BCUT2D eigenvalue weighted by Gasteiger charge is -2.09. The van der Waals surface area contributed by atoms with E-state index in [1.54, 1.807) is 18.2 Å². The molecule has 1 aromatic carbocycles. The number of benzene rings is 1. The lowest BCUT2D eigenvalue weighted by Crippen LogP contribution is -2.27. The van der Waals surface area contributed by atoms with Crippen LogP contribution in [0.5, 0.6) is 11.5 Å². The highest BCUT2D eigenvalue weighted by Crippen LogP contribution is 2.34. The molecule has 1 heterocycles. The normalized spacial score (nSPS) is 17.7. The SMILES string of the molecule is C=CC(=O)NC1COc2ccc(O)cc21. The molecule has 78 valence electrons. The Labute approximate surface area is 87.2 Å². The average Bonchev–Trinajstić information content (AvgIpc) is 2.61. The Morgan fingerprint density at radius 1 is 1.67 bits per heavy atom. The van der Waals surface area contributed by atoms with Gasteiger partial charge in [0, 0.05) is 5.56 Å². The first-order valence-electron chi connectivity index (χ1n) is 4.59. The molecule has 4 heteroatoms. The number of ether oxygens (including phenoxy) is 1. The number of aromatic hydroxyl groups is 1. The van der Waals surface area contributed by atoms with Crippen molar-refractivity contribution in [3.63, 3.8) is 0 Å². The van der Waals surface area contributed by atoms with Gasteiger partial charge in [-0.15, -0.1) is 0 Å². The number of amides is 1. The van der Waals surface area contributed by atoms with Crippen molar-refractivity contribution in [2.45, 2.75) is 6.04 Å². The molecular formula is C11H11NO3. The van der Waals surface area contributed by atoms with E-state index in [9.17, 15) is 9.90 Å². The summed E-state index contributed by atoms with van der Waals surface area (Å²) in [6, 6.07) is 4.62. The Hall–Kier alpha value is -1.97. The van der Waals surface area contributed by atoms with Crippen LogP contribution in [0, 0.1) is 0 Å². The van der Waals surface area contributed by atoms with Crippen LogP contribution in [0.2, 0.25) is 0 Å². The van der Waals surface area contributed by atoms with Crippen molar-refractivity contribution in [1.29, 1.82) is 0 Å². The van der Waals surface area contributed by atoms with Gasteiger partial charge in [-0.05, 0) is 24.3 Å². The smallest absolute Gasteiger partial charge is 0.243 e. The molecule has 4 nitrogen and oxygen atoms in total. The molecule has 1 aliphatic heterocycles. The maximum absolute atomic E-state index is 11.1. The molecule has 0 aromatic heterocycles. The van der Waals surface area contributed by atoms with E-state index in [4.69, 9.17) is 4.74 Å². The van der Waals surface area contributed by atoms with E-state index < -0.39 is 0 Å². The van der Waals surface area contributed by atoms with Gasteiger partial charge in [0.05, 0.1) is 6.04 Å². The highest BCUT2D eigenvalue weighted by molar-refractivity contribution is 5.87. The Balaban J connectivity index is 2.23. The van der Waals surface area contributed by atoms with Crippen LogP contribution in [0.4, 0.5) is 0 Å². The molecule has 1 amide bonds. The topological polar surface area (TPSA) is 58.6 Å². The van der Waals surface area contributed by atoms with Crippen molar-refractivity contribution in [1.82, 2.24) is 5.32 Å². The molecule has 0 saturated heterocycles. The Morgan fingerprint density at radius 2 is 2.47 bits per heavy atom. The molecule has 15 heavy (non-hydrogen) atoms. The molecule has 2 rings (SSSR count). The van der Waals surface area contributed by atoms with Crippen LogP contribution < -0.4 is 10.1 Å². The third-order valence-corrected chi connectivity index (χ3v) is 2.28. The minimum atomic E-state index is -0.250. The zero-order valence-electron chi connectivity index (χ0n) is 8.06. The maximum Gasteiger partial charge on any atom is 0.243 e. The van der Waals surface area contributed by atoms with Crippen LogP contribution in [0.3, 0.4) is 0 Å². The van der Waals surface area contributed by atoms with Crippen LogP contribution in [0.15, 0.2) is 30.9 Å². The van der Waals surface area contributed by atoms with E-state index in [2.05, 4.69) is 11.9 Å². The molecule has 0 radical (unpaired) electrons. The number of phenolic OH excluding ortho intramolecular Hbond substituents is 1. The zero-order chi connectivity index (χ0) is 10.8. The van der Waals surface area contributed by atoms with Gasteiger partial charge in [-0.2, -0.15) is 0 Å². The van der Waals surface area contributed by atoms with E-state index in [0.717, 1.165) is 5.56 Å². The molecule has 1 aliphatic rings. The first kappa shape index (κ1) is 9.58. The molecule has 0 bridgehead atoms. The number of carbonyl (C=O) groups excluding carboxylic acids is 1. The minimum absolute atomic E-state index is 0.164. The predicted molar refractivity (Wildman–Crippen MR) is 54.7 cm³/mol. The lowest BCUT2D eigenvalue weighted by atomic mass is 10.1. The highest BCUT2D eigenvalue weighted by atomic mass is 16.5. The summed E-state index contributed by atoms with van der Waals surface area (Å²) in [6.45, 7) is 3.76. The third kappa shape index (κ3) is 1.79. The van der Waals surface area contributed by atoms with Gasteiger partial charge >= 0.3 is 0 Å². The highest BCUT2D eigenvalue weighted by Gasteiger charge is 2.25. The number of fused-ring (bicyclic) bond motifs is 1. The van der Waals surface area contributed by atoms with Crippen molar-refractivity contribution in [3.05, 3.63) is 36.4 Å². The second-order valence-electron chi connectivity index (χ2n) is 3.30. The molecular weight excluding hydrogens is 194 g/mol. The average molecular weight is 205 g/mol. The molecule has 1 unspecified atom stereocenters. The predicted octanol–water partition coefficient (Wildman–Crippen LogP) is 1.13. The van der Waals surface area contributed by atoms with Crippen molar-refractivity contribution < 1.29 is 14.6 Å². The number of nitrogens with one attached hydrogen (secondary N) is 1. The fourth-order valence-electron chi connectivity index (χ4n) is 1.55. The van der Waals surface area contributed by atoms with Gasteiger partial charge in [-0.3, -0.25) is 4.79 Å². The summed E-state index contributed by atoms with van der Waals surface area (Å²) >= 11 is 0. The Morgan fingerprint density at radius 3 is 3.20 bits per heavy atom. The van der Waals surface area contributed by atoms with Gasteiger partial charge in [0.1, 0.15) is 18.1 Å². The summed E-state index contributed by atoms with van der Waals surface area (Å²) in [5.41, 5.74) is 0.796. The van der Waals surface area contributed by atoms with Gasteiger partial charge in [-0.25, -0.2) is 0 Å². The van der Waals surface area contributed by atoms with Crippen LogP contribution in [0.1, 0.15) is 11.6 Å². The quantitative estimate of drug-likeness (QED) is 0.711. The van der Waals surface area contributed by atoms with Gasteiger partial charge in [0.25, 0.3) is 0 Å². The lowest BCUT2D eigenvalue weighted by molar-refractivity contribution is -0.117. The minimum Gasteiger partial charge on any atom is -0.508 e. The van der Waals surface area contributed by atoms with Crippen molar-refractivity contribution in [3.8, 4) is 11.5 Å². The Bertz CT molecular complexity index is 414. The van der Waals surface area contributed by atoms with E-state index in [0.29, 0.717) is 12.4 Å². The summed E-state index contributed by atoms with van der Waals surface area (Å²) in [5.74, 6) is 0.610. The van der Waals surface area contributed by atoms with E-state index in [1.165, 1.54) is 6.08 Å². The van der Waals surface area contributed by atoms with Gasteiger partial charge in [0.2, 0.25) is 5.91 Å². The first-order valence-corrected chi connectivity index (χ1v) is 4.59. The number of carbonyl (C=O) groups is 1. The first-order chi connectivity index (χ1) is 7.20. The second kappa shape index (κ2) is 3.65. The van der Waals surface area contributed by atoms with Crippen LogP contribution >= 0.6 is 0 Å². The largest absolute Gasteiger partial charge is 0.508 e. The fraction of sp³-hybridized carbons (Fsp3) is 0.182. The molecule has 1 aromatic rings. The number of hydrogen-bond donors (Lipinski definition) is 2. The monoisotopic (exact) mass is 205 g/mol. The summed E-state index contributed by atoms with van der Waals surface area (Å²) in [5, 5.41) is 12.0. The summed E-state index contributed by atoms with van der Waals surface area (Å²) < 4.78 is 5.35. The van der Waals surface area contributed by atoms with Crippen molar-refractivity contribution >= 4 is 5.91 Å².